The van der Waals surface area contributed by atoms with Crippen LogP contribution in [0, 0.1) is 12.8 Å². The molecule has 0 bridgehead atoms. The number of hydrogen-bond acceptors (Lipinski definition) is 4. The first-order valence-corrected chi connectivity index (χ1v) is 9.88. The maximum Gasteiger partial charge on any atom is 0.305 e. The first kappa shape index (κ1) is 19.4. The normalized spacial score (nSPS) is 18.6. The highest BCUT2D eigenvalue weighted by Crippen LogP contribution is 2.22. The van der Waals surface area contributed by atoms with Crippen LogP contribution in [0.25, 0.3) is 0 Å². The Morgan fingerprint density at radius 1 is 1.24 bits per heavy atom. The van der Waals surface area contributed by atoms with Gasteiger partial charge in [0.2, 0.25) is 10.0 Å². The van der Waals surface area contributed by atoms with E-state index in [1.807, 2.05) is 19.1 Å². The smallest absolute Gasteiger partial charge is 0.305 e. The van der Waals surface area contributed by atoms with Crippen LogP contribution in [0.2, 0.25) is 0 Å². The Morgan fingerprint density at radius 3 is 2.64 bits per heavy atom. The predicted molar refractivity (Wildman–Crippen MR) is 97.5 cm³/mol. The molecule has 0 spiro atoms. The minimum absolute atomic E-state index is 0.00336. The number of methoxy groups -OCH3 is 1. The van der Waals surface area contributed by atoms with Gasteiger partial charge in [-0.2, -0.15) is 0 Å². The van der Waals surface area contributed by atoms with Crippen LogP contribution in [0.5, 0.6) is 0 Å². The van der Waals surface area contributed by atoms with E-state index in [4.69, 9.17) is 4.74 Å². The van der Waals surface area contributed by atoms with E-state index >= 15 is 0 Å². The van der Waals surface area contributed by atoms with Crippen molar-refractivity contribution in [2.24, 2.45) is 5.92 Å². The third kappa shape index (κ3) is 5.83. The summed E-state index contributed by atoms with van der Waals surface area (Å²) in [5.74, 6) is -0.337. The van der Waals surface area contributed by atoms with Crippen molar-refractivity contribution in [2.45, 2.75) is 43.5 Å². The minimum Gasteiger partial charge on any atom is -0.469 e. The van der Waals surface area contributed by atoms with Gasteiger partial charge in [-0.05, 0) is 44.2 Å². The zero-order chi connectivity index (χ0) is 18.3. The Kier molecular flexibility index (Phi) is 6.96. The van der Waals surface area contributed by atoms with Crippen molar-refractivity contribution >= 4 is 16.0 Å². The van der Waals surface area contributed by atoms with E-state index in [1.54, 1.807) is 24.3 Å². The van der Waals surface area contributed by atoms with Crippen LogP contribution in [0.1, 0.15) is 31.2 Å². The topological polar surface area (TPSA) is 72.5 Å². The fourth-order valence-corrected chi connectivity index (χ4v) is 4.10. The molecule has 1 aromatic carbocycles. The Labute approximate surface area is 149 Å². The SMILES string of the molecule is COC(=O)CCC(NS(=O)(=O)c1ccc(C)cc1)C1C=CCC=CC1. The van der Waals surface area contributed by atoms with Crippen LogP contribution >= 0.6 is 0 Å². The average Bonchev–Trinajstić information content (AvgIpc) is 2.88. The summed E-state index contributed by atoms with van der Waals surface area (Å²) in [6.07, 6.45) is 10.3. The van der Waals surface area contributed by atoms with Crippen LogP contribution in [0.4, 0.5) is 0 Å². The van der Waals surface area contributed by atoms with Gasteiger partial charge in [0.1, 0.15) is 0 Å². The Bertz CT molecular complexity index is 735. The van der Waals surface area contributed by atoms with Gasteiger partial charge in [-0.25, -0.2) is 13.1 Å². The van der Waals surface area contributed by atoms with E-state index in [1.165, 1.54) is 7.11 Å². The fourth-order valence-electron chi connectivity index (χ4n) is 2.78. The number of hydrogen-bond donors (Lipinski definition) is 1. The molecule has 0 saturated heterocycles. The Morgan fingerprint density at radius 2 is 1.96 bits per heavy atom. The molecule has 0 saturated carbocycles. The van der Waals surface area contributed by atoms with Crippen LogP contribution in [-0.2, 0) is 19.6 Å². The van der Waals surface area contributed by atoms with E-state index in [9.17, 15) is 13.2 Å². The van der Waals surface area contributed by atoms with Crippen molar-refractivity contribution < 1.29 is 17.9 Å². The first-order valence-electron chi connectivity index (χ1n) is 8.40. The summed E-state index contributed by atoms with van der Waals surface area (Å²) in [7, 11) is -2.32. The Hall–Kier alpha value is -1.92. The maximum atomic E-state index is 12.7. The number of nitrogens with one attached hydrogen (secondary N) is 1. The maximum absolute atomic E-state index is 12.7. The second-order valence-corrected chi connectivity index (χ2v) is 7.90. The molecular formula is C19H25NO4S. The number of benzene rings is 1. The van der Waals surface area contributed by atoms with Crippen molar-refractivity contribution in [3.63, 3.8) is 0 Å². The third-order valence-electron chi connectivity index (χ3n) is 4.27. The summed E-state index contributed by atoms with van der Waals surface area (Å²) < 4.78 is 32.9. The molecule has 1 aliphatic carbocycles. The number of rotatable bonds is 7. The monoisotopic (exact) mass is 363 g/mol. The molecule has 136 valence electrons. The predicted octanol–water partition coefficient (Wildman–Crippen LogP) is 3.12. The molecule has 0 amide bonds. The van der Waals surface area contributed by atoms with Crippen LogP contribution in [-0.4, -0.2) is 27.5 Å². The molecule has 2 rings (SSSR count). The van der Waals surface area contributed by atoms with Gasteiger partial charge in [0.15, 0.2) is 0 Å². The van der Waals surface area contributed by atoms with Crippen molar-refractivity contribution in [2.75, 3.05) is 7.11 Å². The standard InChI is InChI=1S/C19H25NO4S/c1-15-9-11-17(12-10-15)25(22,23)20-18(13-14-19(21)24-2)16-7-5-3-4-6-8-16/h3,5-6,8-12,16,18,20H,4,7,13-14H2,1-2H3. The van der Waals surface area contributed by atoms with Gasteiger partial charge < -0.3 is 4.74 Å². The second kappa shape index (κ2) is 8.97. The largest absolute Gasteiger partial charge is 0.469 e. The number of sulfonamides is 1. The lowest BCUT2D eigenvalue weighted by molar-refractivity contribution is -0.140. The molecule has 2 unspecified atom stereocenters. The number of carbonyl (C=O) groups excluding carboxylic acids is 1. The van der Waals surface area contributed by atoms with E-state index in [0.717, 1.165) is 18.4 Å². The Balaban J connectivity index is 2.19. The van der Waals surface area contributed by atoms with Crippen molar-refractivity contribution in [3.05, 3.63) is 54.1 Å². The first-order chi connectivity index (χ1) is 11.9. The van der Waals surface area contributed by atoms with Gasteiger partial charge in [0.25, 0.3) is 0 Å². The van der Waals surface area contributed by atoms with Gasteiger partial charge in [-0.3, -0.25) is 4.79 Å². The van der Waals surface area contributed by atoms with Crippen molar-refractivity contribution in [1.29, 1.82) is 0 Å². The summed E-state index contributed by atoms with van der Waals surface area (Å²) in [6, 6.07) is 6.36. The lowest BCUT2D eigenvalue weighted by Crippen LogP contribution is -2.40. The molecule has 0 aliphatic heterocycles. The molecule has 0 radical (unpaired) electrons. The van der Waals surface area contributed by atoms with E-state index in [-0.39, 0.29) is 29.2 Å². The van der Waals surface area contributed by atoms with Gasteiger partial charge >= 0.3 is 5.97 Å². The summed E-state index contributed by atoms with van der Waals surface area (Å²) in [5.41, 5.74) is 0.998. The number of carbonyl (C=O) groups is 1. The van der Waals surface area contributed by atoms with Gasteiger partial charge in [-0.1, -0.05) is 42.0 Å². The van der Waals surface area contributed by atoms with Crippen LogP contribution in [0.3, 0.4) is 0 Å². The molecule has 0 aromatic heterocycles. The molecule has 6 heteroatoms. The highest BCUT2D eigenvalue weighted by Gasteiger charge is 2.26. The van der Waals surface area contributed by atoms with Crippen molar-refractivity contribution in [1.82, 2.24) is 4.72 Å². The van der Waals surface area contributed by atoms with Crippen molar-refractivity contribution in [3.8, 4) is 0 Å². The molecular weight excluding hydrogens is 338 g/mol. The number of ether oxygens (including phenoxy) is 1. The summed E-state index contributed by atoms with van der Waals surface area (Å²) in [5, 5.41) is 0. The molecule has 1 aliphatic rings. The lowest BCUT2D eigenvalue weighted by atomic mass is 9.93. The summed E-state index contributed by atoms with van der Waals surface area (Å²) in [4.78, 5) is 11.7. The number of aryl methyl sites for hydroxylation is 1. The lowest BCUT2D eigenvalue weighted by Gasteiger charge is -2.24. The fraction of sp³-hybridized carbons (Fsp3) is 0.421. The van der Waals surface area contributed by atoms with E-state index in [0.29, 0.717) is 6.42 Å². The molecule has 2 atom stereocenters. The molecule has 5 nitrogen and oxygen atoms in total. The molecule has 25 heavy (non-hydrogen) atoms. The number of esters is 1. The molecule has 0 fully saturated rings. The average molecular weight is 363 g/mol. The van der Waals surface area contributed by atoms with E-state index in [2.05, 4.69) is 16.9 Å². The summed E-state index contributed by atoms with van der Waals surface area (Å²) in [6.45, 7) is 1.91. The summed E-state index contributed by atoms with van der Waals surface area (Å²) >= 11 is 0. The molecule has 1 N–H and O–H groups in total. The zero-order valence-corrected chi connectivity index (χ0v) is 15.5. The van der Waals surface area contributed by atoms with Crippen LogP contribution in [0.15, 0.2) is 53.5 Å². The second-order valence-electron chi connectivity index (χ2n) is 6.19. The number of allylic oxidation sites excluding steroid dienone is 3. The molecule has 0 heterocycles. The van der Waals surface area contributed by atoms with Gasteiger partial charge in [0, 0.05) is 12.5 Å². The highest BCUT2D eigenvalue weighted by atomic mass is 32.2. The zero-order valence-electron chi connectivity index (χ0n) is 14.6. The highest BCUT2D eigenvalue weighted by molar-refractivity contribution is 7.89. The van der Waals surface area contributed by atoms with Gasteiger partial charge in [-0.15, -0.1) is 0 Å². The quantitative estimate of drug-likeness (QED) is 0.597. The van der Waals surface area contributed by atoms with Gasteiger partial charge in [0.05, 0.1) is 12.0 Å². The molecule has 1 aromatic rings. The van der Waals surface area contributed by atoms with E-state index < -0.39 is 10.0 Å². The third-order valence-corrected chi connectivity index (χ3v) is 5.78. The van der Waals surface area contributed by atoms with Crippen LogP contribution < -0.4 is 4.72 Å². The minimum atomic E-state index is -3.65.